The molecular weight excluding hydrogens is 557 g/mol. The molecule has 4 aromatic heterocycles. The van der Waals surface area contributed by atoms with E-state index in [2.05, 4.69) is 57.8 Å². The maximum Gasteiger partial charge on any atom is 0.217 e. The number of aromatic nitrogens is 8. The van der Waals surface area contributed by atoms with E-state index < -0.39 is 0 Å². The number of fused-ring (bicyclic) bond motifs is 3. The minimum absolute atomic E-state index is 0. The minimum Gasteiger partial charge on any atom is -0.329 e. The topological polar surface area (TPSA) is 87.9 Å². The normalized spacial score (nSPS) is 10.4. The second-order valence-electron chi connectivity index (χ2n) is 6.09. The van der Waals surface area contributed by atoms with Crippen molar-refractivity contribution in [2.24, 2.45) is 0 Å². The molecule has 149 valence electrons. The van der Waals surface area contributed by atoms with Crippen LogP contribution >= 0.6 is 0 Å². The second kappa shape index (κ2) is 8.77. The quantitative estimate of drug-likeness (QED) is 0.298. The summed E-state index contributed by atoms with van der Waals surface area (Å²) >= 11 is 0. The van der Waals surface area contributed by atoms with Gasteiger partial charge in [-0.1, -0.05) is 23.9 Å². The Bertz CT molecular complexity index is 1340. The van der Waals surface area contributed by atoms with Gasteiger partial charge in [0, 0.05) is 38.7 Å². The van der Waals surface area contributed by atoms with Gasteiger partial charge in [-0.25, -0.2) is 4.98 Å². The van der Waals surface area contributed by atoms with Gasteiger partial charge >= 0.3 is 0 Å². The van der Waals surface area contributed by atoms with E-state index >= 15 is 0 Å². The number of hydrogen-bond acceptors (Lipinski definition) is 5. The number of rotatable bonds is 2. The van der Waals surface area contributed by atoms with Crippen molar-refractivity contribution in [2.45, 2.75) is 0 Å². The summed E-state index contributed by atoms with van der Waals surface area (Å²) in [6.07, 6.45) is 5.48. The molecule has 0 N–H and O–H groups in total. The Kier molecular flexibility index (Phi) is 5.74. The number of pyridine rings is 1. The first-order chi connectivity index (χ1) is 14.4. The molecule has 0 saturated carbocycles. The molecule has 2 aromatic carbocycles. The standard InChI is InChI=1S/C15H10N3.C6H4N5.Ir/c1-2-6-12(7-3-1)18-14-9-5-4-8-13(14)17-11-10-16-15(17)18;1-2-4-7-5(3-1)6-8-10-11-9-6;/h1-6,8-11H;1-4H;/q2*-1;. The van der Waals surface area contributed by atoms with Gasteiger partial charge in [-0.2, -0.15) is 29.5 Å². The molecule has 0 bridgehead atoms. The van der Waals surface area contributed by atoms with Gasteiger partial charge in [-0.3, -0.25) is 19.7 Å². The second-order valence-corrected chi connectivity index (χ2v) is 6.09. The molecule has 0 atom stereocenters. The molecule has 9 heteroatoms. The first-order valence-electron chi connectivity index (χ1n) is 8.91. The molecule has 0 aliphatic heterocycles. The van der Waals surface area contributed by atoms with Crippen molar-refractivity contribution in [3.05, 3.63) is 91.4 Å². The van der Waals surface area contributed by atoms with Crippen molar-refractivity contribution in [3.63, 3.8) is 0 Å². The Hall–Kier alpha value is -3.68. The van der Waals surface area contributed by atoms with Crippen LogP contribution in [0.1, 0.15) is 0 Å². The molecule has 6 rings (SSSR count). The smallest absolute Gasteiger partial charge is 0.217 e. The zero-order chi connectivity index (χ0) is 19.5. The van der Waals surface area contributed by atoms with E-state index in [1.165, 1.54) is 0 Å². The van der Waals surface area contributed by atoms with E-state index in [9.17, 15) is 0 Å². The van der Waals surface area contributed by atoms with Crippen molar-refractivity contribution in [1.82, 2.24) is 39.6 Å². The number of benzene rings is 2. The van der Waals surface area contributed by atoms with Gasteiger partial charge in [-0.05, 0) is 24.3 Å². The molecule has 0 aliphatic carbocycles. The van der Waals surface area contributed by atoms with Gasteiger partial charge in [0.05, 0.1) is 22.6 Å². The van der Waals surface area contributed by atoms with Crippen LogP contribution in [0.15, 0.2) is 85.3 Å². The fraction of sp³-hybridized carbons (Fsp3) is 0. The van der Waals surface area contributed by atoms with Gasteiger partial charge in [0.25, 0.3) is 0 Å². The molecule has 6 aromatic rings. The SMILES string of the molecule is [Ir].[c-]1ccccc1-n1c2ccccc2n2ccnc12.c1ccc(-c2nnn[n-]2)nc1. The van der Waals surface area contributed by atoms with Crippen LogP contribution in [0.3, 0.4) is 0 Å². The summed E-state index contributed by atoms with van der Waals surface area (Å²) in [5.41, 5.74) is 4.00. The number of para-hydroxylation sites is 3. The Morgan fingerprint density at radius 2 is 1.67 bits per heavy atom. The molecule has 1 radical (unpaired) electrons. The molecule has 0 unspecified atom stereocenters. The van der Waals surface area contributed by atoms with Crippen LogP contribution in [0.5, 0.6) is 0 Å². The van der Waals surface area contributed by atoms with E-state index in [1.807, 2.05) is 60.9 Å². The summed E-state index contributed by atoms with van der Waals surface area (Å²) in [4.78, 5) is 8.45. The summed E-state index contributed by atoms with van der Waals surface area (Å²) in [6.45, 7) is 0. The van der Waals surface area contributed by atoms with E-state index in [0.29, 0.717) is 11.5 Å². The van der Waals surface area contributed by atoms with Gasteiger partial charge in [0.15, 0.2) is 0 Å². The van der Waals surface area contributed by atoms with Gasteiger partial charge in [0.1, 0.15) is 0 Å². The van der Waals surface area contributed by atoms with E-state index in [1.54, 1.807) is 12.3 Å². The third-order valence-corrected chi connectivity index (χ3v) is 4.35. The molecule has 8 nitrogen and oxygen atoms in total. The molecule has 30 heavy (non-hydrogen) atoms. The van der Waals surface area contributed by atoms with Crippen LogP contribution in [0, 0.1) is 6.07 Å². The minimum atomic E-state index is 0. The summed E-state index contributed by atoms with van der Waals surface area (Å²) in [6, 6.07) is 25.0. The van der Waals surface area contributed by atoms with Crippen LogP contribution in [0.2, 0.25) is 0 Å². The third-order valence-electron chi connectivity index (χ3n) is 4.35. The number of tetrazole rings is 1. The zero-order valence-corrected chi connectivity index (χ0v) is 17.9. The van der Waals surface area contributed by atoms with Crippen molar-refractivity contribution in [1.29, 1.82) is 0 Å². The van der Waals surface area contributed by atoms with Crippen molar-refractivity contribution in [2.75, 3.05) is 0 Å². The first-order valence-corrected chi connectivity index (χ1v) is 8.91. The van der Waals surface area contributed by atoms with Gasteiger partial charge in [0.2, 0.25) is 5.78 Å². The summed E-state index contributed by atoms with van der Waals surface area (Å²) < 4.78 is 4.21. The first kappa shape index (κ1) is 19.6. The summed E-state index contributed by atoms with van der Waals surface area (Å²) in [5, 5.41) is 14.0. The van der Waals surface area contributed by atoms with Gasteiger partial charge < -0.3 is 9.67 Å². The maximum absolute atomic E-state index is 4.44. The average Bonchev–Trinajstić information content (AvgIpc) is 3.53. The molecule has 0 amide bonds. The zero-order valence-electron chi connectivity index (χ0n) is 15.5. The Morgan fingerprint density at radius 1 is 0.833 bits per heavy atom. The summed E-state index contributed by atoms with van der Waals surface area (Å²) in [5.74, 6) is 1.38. The van der Waals surface area contributed by atoms with Crippen LogP contribution in [-0.2, 0) is 20.1 Å². The molecular formula is C21H14IrN8-2. The number of imidazole rings is 2. The van der Waals surface area contributed by atoms with E-state index in [4.69, 9.17) is 0 Å². The molecule has 0 fully saturated rings. The van der Waals surface area contributed by atoms with Crippen molar-refractivity contribution >= 4 is 16.8 Å². The molecule has 4 heterocycles. The fourth-order valence-electron chi connectivity index (χ4n) is 3.12. The Labute approximate surface area is 185 Å². The third kappa shape index (κ3) is 3.63. The number of nitrogens with zero attached hydrogens (tertiary/aromatic N) is 8. The van der Waals surface area contributed by atoms with Gasteiger partial charge in [-0.15, -0.1) is 6.07 Å². The fourth-order valence-corrected chi connectivity index (χ4v) is 3.12. The van der Waals surface area contributed by atoms with Crippen molar-refractivity contribution in [3.8, 4) is 17.2 Å². The monoisotopic (exact) mass is 571 g/mol. The van der Waals surface area contributed by atoms with Crippen molar-refractivity contribution < 1.29 is 20.1 Å². The van der Waals surface area contributed by atoms with Crippen LogP contribution < -0.4 is 5.10 Å². The predicted octanol–water partition coefficient (Wildman–Crippen LogP) is 2.97. The van der Waals surface area contributed by atoms with Crippen LogP contribution in [-0.4, -0.2) is 34.5 Å². The summed E-state index contributed by atoms with van der Waals surface area (Å²) in [7, 11) is 0. The maximum atomic E-state index is 4.44. The predicted molar refractivity (Wildman–Crippen MR) is 107 cm³/mol. The molecule has 0 aliphatic rings. The van der Waals surface area contributed by atoms with E-state index in [-0.39, 0.29) is 20.1 Å². The van der Waals surface area contributed by atoms with Crippen LogP contribution in [0.4, 0.5) is 0 Å². The van der Waals surface area contributed by atoms with E-state index in [0.717, 1.165) is 22.5 Å². The Morgan fingerprint density at radius 3 is 2.40 bits per heavy atom. The molecule has 0 spiro atoms. The number of hydrogen-bond donors (Lipinski definition) is 0. The van der Waals surface area contributed by atoms with Crippen LogP contribution in [0.25, 0.3) is 34.0 Å². The average molecular weight is 571 g/mol. The molecule has 0 saturated heterocycles. The Balaban J connectivity index is 0.000000157. The largest absolute Gasteiger partial charge is 0.329 e.